The maximum atomic E-state index is 13.3. The Morgan fingerprint density at radius 1 is 1.16 bits per heavy atom. The molecule has 0 bridgehead atoms. The molecule has 6 heteroatoms. The van der Waals surface area contributed by atoms with Crippen LogP contribution in [0, 0.1) is 12.7 Å². The van der Waals surface area contributed by atoms with Gasteiger partial charge in [0.15, 0.2) is 5.69 Å². The second-order valence-corrected chi connectivity index (χ2v) is 6.17. The van der Waals surface area contributed by atoms with Gasteiger partial charge in [-0.15, -0.1) is 5.10 Å². The monoisotopic (exact) mass is 336 g/mol. The Bertz CT molecular complexity index is 950. The molecule has 0 saturated heterocycles. The number of aromatic nitrogens is 3. The van der Waals surface area contributed by atoms with Crippen LogP contribution in [0.3, 0.4) is 0 Å². The molecule has 0 aliphatic carbocycles. The van der Waals surface area contributed by atoms with Gasteiger partial charge in [0.2, 0.25) is 0 Å². The van der Waals surface area contributed by atoms with Crippen molar-refractivity contribution in [2.45, 2.75) is 19.8 Å². The molecule has 0 radical (unpaired) electrons. The zero-order valence-electron chi connectivity index (χ0n) is 13.8. The summed E-state index contributed by atoms with van der Waals surface area (Å²) in [5.74, 6) is -0.472. The molecule has 0 fully saturated rings. The molecule has 0 spiro atoms. The number of nitrogens with zero attached hydrogens (tertiary/aromatic N) is 4. The average Bonchev–Trinajstić information content (AvgIpc) is 3.10. The fraction of sp³-hybridized carbons (Fsp3) is 0.211. The lowest BCUT2D eigenvalue weighted by Gasteiger charge is -2.28. The van der Waals surface area contributed by atoms with Crippen molar-refractivity contribution in [1.29, 1.82) is 0 Å². The second-order valence-electron chi connectivity index (χ2n) is 6.17. The number of halogens is 1. The van der Waals surface area contributed by atoms with Crippen LogP contribution in [0.4, 0.5) is 10.1 Å². The van der Waals surface area contributed by atoms with Crippen molar-refractivity contribution in [3.63, 3.8) is 0 Å². The van der Waals surface area contributed by atoms with Crippen molar-refractivity contribution in [2.24, 2.45) is 0 Å². The Hall–Kier alpha value is -3.02. The summed E-state index contributed by atoms with van der Waals surface area (Å²) in [6.45, 7) is 2.46. The predicted molar refractivity (Wildman–Crippen MR) is 92.5 cm³/mol. The van der Waals surface area contributed by atoms with Crippen molar-refractivity contribution >= 4 is 11.6 Å². The normalized spacial score (nSPS) is 13.6. The second kappa shape index (κ2) is 6.12. The quantitative estimate of drug-likeness (QED) is 0.721. The summed E-state index contributed by atoms with van der Waals surface area (Å²) in [5, 5.41) is 8.08. The number of amides is 1. The molecule has 1 aromatic heterocycles. The summed E-state index contributed by atoms with van der Waals surface area (Å²) in [6.07, 6.45) is 3.50. The number of aryl methyl sites for hydroxylation is 2. The molecule has 1 aliphatic heterocycles. The predicted octanol–water partition coefficient (Wildman–Crippen LogP) is 3.31. The van der Waals surface area contributed by atoms with E-state index in [1.165, 1.54) is 22.4 Å². The highest BCUT2D eigenvalue weighted by molar-refractivity contribution is 6.05. The molecule has 1 aliphatic rings. The number of para-hydroxylation sites is 1. The average molecular weight is 336 g/mol. The summed E-state index contributed by atoms with van der Waals surface area (Å²) >= 11 is 0. The summed E-state index contributed by atoms with van der Waals surface area (Å²) in [5.41, 5.74) is 3.81. The van der Waals surface area contributed by atoms with Gasteiger partial charge in [0, 0.05) is 12.2 Å². The van der Waals surface area contributed by atoms with Crippen molar-refractivity contribution < 1.29 is 9.18 Å². The third-order valence-electron chi connectivity index (χ3n) is 4.47. The Labute approximate surface area is 144 Å². The Morgan fingerprint density at radius 3 is 2.84 bits per heavy atom. The highest BCUT2D eigenvalue weighted by Gasteiger charge is 2.25. The molecule has 2 heterocycles. The van der Waals surface area contributed by atoms with E-state index >= 15 is 0 Å². The number of anilines is 1. The van der Waals surface area contributed by atoms with E-state index in [-0.39, 0.29) is 17.4 Å². The van der Waals surface area contributed by atoms with E-state index in [2.05, 4.69) is 10.3 Å². The largest absolute Gasteiger partial charge is 0.307 e. The topological polar surface area (TPSA) is 51.0 Å². The maximum Gasteiger partial charge on any atom is 0.280 e. The van der Waals surface area contributed by atoms with Crippen LogP contribution in [0.5, 0.6) is 0 Å². The van der Waals surface area contributed by atoms with Crippen LogP contribution in [-0.2, 0) is 6.42 Å². The Balaban J connectivity index is 1.66. The molecule has 5 nitrogen and oxygen atoms in total. The van der Waals surface area contributed by atoms with Gasteiger partial charge in [-0.2, -0.15) is 0 Å². The highest BCUT2D eigenvalue weighted by atomic mass is 19.1. The fourth-order valence-electron chi connectivity index (χ4n) is 3.24. The van der Waals surface area contributed by atoms with E-state index in [0.717, 1.165) is 24.1 Å². The first-order chi connectivity index (χ1) is 12.1. The molecular formula is C19H17FN4O. The molecule has 0 atom stereocenters. The van der Waals surface area contributed by atoms with Gasteiger partial charge in [-0.05, 0) is 55.2 Å². The summed E-state index contributed by atoms with van der Waals surface area (Å²) in [7, 11) is 0. The van der Waals surface area contributed by atoms with Crippen LogP contribution in [0.15, 0.2) is 48.7 Å². The number of hydrogen-bond acceptors (Lipinski definition) is 3. The molecule has 2 aromatic carbocycles. The first kappa shape index (κ1) is 15.5. The van der Waals surface area contributed by atoms with Gasteiger partial charge in [0.25, 0.3) is 5.91 Å². The summed E-state index contributed by atoms with van der Waals surface area (Å²) in [6, 6.07) is 12.4. The molecule has 25 heavy (non-hydrogen) atoms. The van der Waals surface area contributed by atoms with Gasteiger partial charge in [-0.25, -0.2) is 9.07 Å². The fourth-order valence-corrected chi connectivity index (χ4v) is 3.24. The van der Waals surface area contributed by atoms with Crippen LogP contribution < -0.4 is 4.90 Å². The first-order valence-electron chi connectivity index (χ1n) is 8.22. The first-order valence-corrected chi connectivity index (χ1v) is 8.22. The van der Waals surface area contributed by atoms with Crippen LogP contribution in [-0.4, -0.2) is 27.4 Å². The van der Waals surface area contributed by atoms with E-state index in [4.69, 9.17) is 0 Å². The van der Waals surface area contributed by atoms with Gasteiger partial charge >= 0.3 is 0 Å². The van der Waals surface area contributed by atoms with Gasteiger partial charge in [-0.3, -0.25) is 4.79 Å². The minimum Gasteiger partial charge on any atom is -0.307 e. The van der Waals surface area contributed by atoms with Crippen molar-refractivity contribution in [3.05, 3.63) is 71.3 Å². The van der Waals surface area contributed by atoms with Crippen LogP contribution in [0.2, 0.25) is 0 Å². The van der Waals surface area contributed by atoms with Crippen LogP contribution >= 0.6 is 0 Å². The molecule has 126 valence electrons. The smallest absolute Gasteiger partial charge is 0.280 e. The number of carbonyl (C=O) groups excluding carboxylic acids is 1. The van der Waals surface area contributed by atoms with E-state index in [0.29, 0.717) is 12.2 Å². The summed E-state index contributed by atoms with van der Waals surface area (Å²) < 4.78 is 14.8. The van der Waals surface area contributed by atoms with Gasteiger partial charge in [0.05, 0.1) is 11.9 Å². The van der Waals surface area contributed by atoms with Gasteiger partial charge in [0.1, 0.15) is 5.82 Å². The molecule has 0 N–H and O–H groups in total. The Morgan fingerprint density at radius 2 is 2.00 bits per heavy atom. The lowest BCUT2D eigenvalue weighted by Crippen LogP contribution is -2.35. The number of fused-ring (bicyclic) bond motifs is 1. The van der Waals surface area contributed by atoms with Gasteiger partial charge in [-0.1, -0.05) is 23.4 Å². The standard InChI is InChI=1S/C19H17FN4O/c1-13-11-15(20)8-9-17(13)24-12-16(21-22-24)19(25)23-10-4-6-14-5-2-3-7-18(14)23/h2-3,5,7-9,11-12H,4,6,10H2,1H3. The SMILES string of the molecule is Cc1cc(F)ccc1-n1cc(C(=O)N2CCCc3ccccc32)nn1. The highest BCUT2D eigenvalue weighted by Crippen LogP contribution is 2.27. The van der Waals surface area contributed by atoms with Gasteiger partial charge < -0.3 is 4.90 Å². The molecular weight excluding hydrogens is 319 g/mol. The van der Waals surface area contributed by atoms with E-state index < -0.39 is 0 Å². The Kier molecular flexibility index (Phi) is 3.80. The molecule has 4 rings (SSSR count). The van der Waals surface area contributed by atoms with Crippen LogP contribution in [0.25, 0.3) is 5.69 Å². The van der Waals surface area contributed by atoms with Crippen LogP contribution in [0.1, 0.15) is 28.0 Å². The van der Waals surface area contributed by atoms with Crippen molar-refractivity contribution in [3.8, 4) is 5.69 Å². The zero-order valence-corrected chi connectivity index (χ0v) is 13.8. The van der Waals surface area contributed by atoms with E-state index in [9.17, 15) is 9.18 Å². The third-order valence-corrected chi connectivity index (χ3v) is 4.47. The molecule has 0 unspecified atom stereocenters. The van der Waals surface area contributed by atoms with E-state index in [1.807, 2.05) is 24.3 Å². The minimum atomic E-state index is -0.303. The number of hydrogen-bond donors (Lipinski definition) is 0. The van der Waals surface area contributed by atoms with Crippen molar-refractivity contribution in [1.82, 2.24) is 15.0 Å². The minimum absolute atomic E-state index is 0.168. The maximum absolute atomic E-state index is 13.3. The van der Waals surface area contributed by atoms with Crippen molar-refractivity contribution in [2.75, 3.05) is 11.4 Å². The van der Waals surface area contributed by atoms with E-state index in [1.54, 1.807) is 24.1 Å². The number of benzene rings is 2. The third kappa shape index (κ3) is 2.80. The molecule has 3 aromatic rings. The lowest BCUT2D eigenvalue weighted by molar-refractivity contribution is 0.0980. The number of rotatable bonds is 2. The summed E-state index contributed by atoms with van der Waals surface area (Å²) in [4.78, 5) is 14.7. The molecule has 0 saturated carbocycles. The lowest BCUT2D eigenvalue weighted by atomic mass is 10.0. The molecule has 1 amide bonds. The number of carbonyl (C=O) groups is 1. The zero-order chi connectivity index (χ0) is 17.4.